The summed E-state index contributed by atoms with van der Waals surface area (Å²) in [6, 6.07) is 0.592. The van der Waals surface area contributed by atoms with Crippen molar-refractivity contribution in [3.8, 4) is 0 Å². The van der Waals surface area contributed by atoms with E-state index in [0.717, 1.165) is 6.42 Å². The van der Waals surface area contributed by atoms with Crippen LogP contribution in [-0.4, -0.2) is 24.7 Å². The van der Waals surface area contributed by atoms with Gasteiger partial charge in [0.15, 0.2) is 0 Å². The molecule has 1 N–H and O–H groups in total. The second-order valence-corrected chi connectivity index (χ2v) is 4.08. The predicted octanol–water partition coefficient (Wildman–Crippen LogP) is 1.14. The van der Waals surface area contributed by atoms with Crippen LogP contribution >= 0.6 is 9.90 Å². The van der Waals surface area contributed by atoms with Gasteiger partial charge < -0.3 is 10.1 Å². The molecule has 0 aromatic carbocycles. The third-order valence-corrected chi connectivity index (χ3v) is 3.06. The van der Waals surface area contributed by atoms with Crippen molar-refractivity contribution in [2.75, 3.05) is 6.61 Å². The number of ether oxygens (including phenoxy) is 1. The monoisotopic (exact) mass is 217 g/mol. The zero-order valence-electron chi connectivity index (χ0n) is 8.79. The number of fused-ring (bicyclic) bond motifs is 2. The van der Waals surface area contributed by atoms with Gasteiger partial charge >= 0.3 is 5.97 Å². The van der Waals surface area contributed by atoms with Crippen molar-refractivity contribution in [2.45, 2.75) is 44.7 Å². The molecule has 2 aliphatic rings. The van der Waals surface area contributed by atoms with Gasteiger partial charge in [0, 0.05) is 6.04 Å². The van der Waals surface area contributed by atoms with E-state index in [2.05, 4.69) is 5.32 Å². The highest BCUT2D eigenvalue weighted by molar-refractivity contribution is 6.92. The largest absolute Gasteiger partial charge is 0.465 e. The number of rotatable bonds is 3. The topological polar surface area (TPSA) is 38.3 Å². The van der Waals surface area contributed by atoms with E-state index < -0.39 is 0 Å². The highest BCUT2D eigenvalue weighted by Crippen LogP contribution is 2.35. The van der Waals surface area contributed by atoms with Gasteiger partial charge in [0.2, 0.25) is 0 Å². The Morgan fingerprint density at radius 1 is 1.50 bits per heavy atom. The molecule has 4 atom stereocenters. The molecule has 0 amide bonds. The van der Waals surface area contributed by atoms with E-state index in [1.807, 2.05) is 6.92 Å². The summed E-state index contributed by atoms with van der Waals surface area (Å²) in [6.07, 6.45) is 4.52. The van der Waals surface area contributed by atoms with Gasteiger partial charge in [0.1, 0.15) is 6.04 Å². The predicted molar refractivity (Wildman–Crippen MR) is 60.4 cm³/mol. The summed E-state index contributed by atoms with van der Waals surface area (Å²) in [7, 11) is 0. The number of hydrogen-bond acceptors (Lipinski definition) is 3. The minimum Gasteiger partial charge on any atom is -0.465 e. The number of carbonyl (C=O) groups is 1. The summed E-state index contributed by atoms with van der Waals surface area (Å²) in [4.78, 5) is 11.5. The Bertz CT molecular complexity index is 210. The summed E-state index contributed by atoms with van der Waals surface area (Å²) in [5, 5.41) is 3.32. The average Bonchev–Trinajstić information content (AvgIpc) is 2.74. The maximum atomic E-state index is 11.5. The molecule has 3 nitrogen and oxygen atoms in total. The summed E-state index contributed by atoms with van der Waals surface area (Å²) in [5.41, 5.74) is 0. The molecule has 1 heterocycles. The SMILES string of the molecule is CCCOC(=O)C1NC2CCC1C2.P. The standard InChI is InChI=1S/C10H17NO2.H3P/c1-2-5-13-10(12)9-7-3-4-8(6-7)11-9;/h7-9,11H,2-6H2,1H3;1H3. The molecule has 1 saturated heterocycles. The first kappa shape index (κ1) is 11.9. The maximum absolute atomic E-state index is 11.5. The molecule has 2 bridgehead atoms. The van der Waals surface area contributed by atoms with Crippen LogP contribution in [0.25, 0.3) is 0 Å². The lowest BCUT2D eigenvalue weighted by atomic mass is 10.0. The Kier molecular flexibility index (Phi) is 4.33. The van der Waals surface area contributed by atoms with Gasteiger partial charge in [-0.25, -0.2) is 0 Å². The van der Waals surface area contributed by atoms with Crippen LogP contribution in [0.5, 0.6) is 0 Å². The fraction of sp³-hybridized carbons (Fsp3) is 0.900. The van der Waals surface area contributed by atoms with Gasteiger partial charge in [-0.2, -0.15) is 9.90 Å². The van der Waals surface area contributed by atoms with E-state index in [-0.39, 0.29) is 21.9 Å². The fourth-order valence-corrected chi connectivity index (χ4v) is 2.41. The Hall–Kier alpha value is -0.140. The highest BCUT2D eigenvalue weighted by Gasteiger charge is 2.43. The van der Waals surface area contributed by atoms with Crippen molar-refractivity contribution in [2.24, 2.45) is 5.92 Å². The average molecular weight is 217 g/mol. The quantitative estimate of drug-likeness (QED) is 0.569. The van der Waals surface area contributed by atoms with E-state index in [9.17, 15) is 4.79 Å². The van der Waals surface area contributed by atoms with Gasteiger partial charge in [-0.05, 0) is 31.6 Å². The van der Waals surface area contributed by atoms with Crippen LogP contribution in [0.2, 0.25) is 0 Å². The van der Waals surface area contributed by atoms with Crippen LogP contribution in [-0.2, 0) is 9.53 Å². The lowest BCUT2D eigenvalue weighted by molar-refractivity contribution is -0.147. The first-order valence-corrected chi connectivity index (χ1v) is 5.24. The lowest BCUT2D eigenvalue weighted by Gasteiger charge is -2.21. The smallest absolute Gasteiger partial charge is 0.323 e. The minimum absolute atomic E-state index is 0. The second-order valence-electron chi connectivity index (χ2n) is 4.08. The fourth-order valence-electron chi connectivity index (χ4n) is 2.41. The van der Waals surface area contributed by atoms with Crippen molar-refractivity contribution in [1.29, 1.82) is 0 Å². The van der Waals surface area contributed by atoms with Crippen LogP contribution in [0.1, 0.15) is 32.6 Å². The Morgan fingerprint density at radius 2 is 2.29 bits per heavy atom. The van der Waals surface area contributed by atoms with E-state index in [0.29, 0.717) is 18.6 Å². The molecule has 0 aromatic heterocycles. The molecule has 1 aliphatic carbocycles. The van der Waals surface area contributed by atoms with Gasteiger partial charge in [-0.1, -0.05) is 6.92 Å². The second kappa shape index (κ2) is 5.09. The van der Waals surface area contributed by atoms with Crippen LogP contribution in [0.15, 0.2) is 0 Å². The molecular formula is C10H20NO2P. The molecule has 0 radical (unpaired) electrons. The van der Waals surface area contributed by atoms with Crippen LogP contribution in [0.4, 0.5) is 0 Å². The summed E-state index contributed by atoms with van der Waals surface area (Å²) >= 11 is 0. The highest BCUT2D eigenvalue weighted by atomic mass is 31.0. The molecule has 4 heteroatoms. The van der Waals surface area contributed by atoms with E-state index >= 15 is 0 Å². The van der Waals surface area contributed by atoms with Gasteiger partial charge in [0.05, 0.1) is 6.61 Å². The molecular weight excluding hydrogens is 197 g/mol. The number of esters is 1. The maximum Gasteiger partial charge on any atom is 0.323 e. The Balaban J connectivity index is 0.000000980. The summed E-state index contributed by atoms with van der Waals surface area (Å²) < 4.78 is 5.13. The van der Waals surface area contributed by atoms with E-state index in [4.69, 9.17) is 4.74 Å². The molecule has 2 rings (SSSR count). The molecule has 0 aromatic rings. The molecule has 1 saturated carbocycles. The zero-order valence-corrected chi connectivity index (χ0v) is 10.2. The molecule has 14 heavy (non-hydrogen) atoms. The van der Waals surface area contributed by atoms with Crippen molar-refractivity contribution < 1.29 is 9.53 Å². The summed E-state index contributed by atoms with van der Waals surface area (Å²) in [6.45, 7) is 2.58. The summed E-state index contributed by atoms with van der Waals surface area (Å²) in [5.74, 6) is 0.517. The Morgan fingerprint density at radius 3 is 2.79 bits per heavy atom. The number of hydrogen-bond donors (Lipinski definition) is 1. The van der Waals surface area contributed by atoms with Gasteiger partial charge in [-0.3, -0.25) is 4.79 Å². The molecule has 2 fully saturated rings. The van der Waals surface area contributed by atoms with Crippen LogP contribution < -0.4 is 5.32 Å². The number of piperidine rings is 1. The molecule has 82 valence electrons. The van der Waals surface area contributed by atoms with Crippen LogP contribution in [0, 0.1) is 5.92 Å². The molecule has 4 unspecified atom stereocenters. The van der Waals surface area contributed by atoms with Crippen LogP contribution in [0.3, 0.4) is 0 Å². The van der Waals surface area contributed by atoms with E-state index in [1.165, 1.54) is 19.3 Å². The normalized spacial score (nSPS) is 33.9. The zero-order chi connectivity index (χ0) is 9.26. The van der Waals surface area contributed by atoms with Crippen molar-refractivity contribution in [3.05, 3.63) is 0 Å². The van der Waals surface area contributed by atoms with Gasteiger partial charge in [0.25, 0.3) is 0 Å². The van der Waals surface area contributed by atoms with E-state index in [1.54, 1.807) is 0 Å². The third kappa shape index (κ3) is 2.26. The molecule has 0 spiro atoms. The first-order chi connectivity index (χ1) is 6.31. The minimum atomic E-state index is -0.0333. The molecule has 1 aliphatic heterocycles. The number of nitrogens with one attached hydrogen (secondary N) is 1. The third-order valence-electron chi connectivity index (χ3n) is 3.06. The first-order valence-electron chi connectivity index (χ1n) is 5.24. The van der Waals surface area contributed by atoms with Crippen molar-refractivity contribution >= 4 is 15.9 Å². The lowest BCUT2D eigenvalue weighted by Crippen LogP contribution is -2.42. The van der Waals surface area contributed by atoms with Crippen molar-refractivity contribution in [1.82, 2.24) is 5.32 Å². The number of carbonyl (C=O) groups excluding carboxylic acids is 1. The van der Waals surface area contributed by atoms with Crippen molar-refractivity contribution in [3.63, 3.8) is 0 Å². The Labute approximate surface area is 88.6 Å². The van der Waals surface area contributed by atoms with Gasteiger partial charge in [-0.15, -0.1) is 0 Å².